The van der Waals surface area contributed by atoms with Gasteiger partial charge in [0.15, 0.2) is 0 Å². The number of hydrogen-bond acceptors (Lipinski definition) is 5. The second-order valence-corrected chi connectivity index (χ2v) is 13.9. The number of rotatable bonds is 8. The standard InChI is InChI=1S/C34H31Cl2N5O3S/c1-21(2)15-25-8-7-24(17-31(25)37)23-5-3-22(4-6-23)16-33-38-32(29-14-9-26(35)18-30(29)36)19-40(33)27-10-12-28(13-11-27)41-20-34(42)39-45(41,43)44/h3-14,17-19,21H,15-16,20,37H2,1-2H3,(H,39,42). The Morgan fingerprint density at radius 3 is 2.22 bits per heavy atom. The van der Waals surface area contributed by atoms with E-state index in [4.69, 9.17) is 33.9 Å². The number of nitrogens with two attached hydrogens (primary N) is 1. The van der Waals surface area contributed by atoms with Gasteiger partial charge in [-0.1, -0.05) is 73.4 Å². The molecule has 1 aromatic heterocycles. The van der Waals surface area contributed by atoms with E-state index < -0.39 is 16.1 Å². The minimum absolute atomic E-state index is 0.262. The van der Waals surface area contributed by atoms with E-state index in [-0.39, 0.29) is 6.54 Å². The third-order valence-corrected chi connectivity index (χ3v) is 9.60. The van der Waals surface area contributed by atoms with Crippen LogP contribution in [0.3, 0.4) is 0 Å². The molecule has 11 heteroatoms. The summed E-state index contributed by atoms with van der Waals surface area (Å²) in [5.41, 5.74) is 14.1. The van der Waals surface area contributed by atoms with Gasteiger partial charge in [0.1, 0.15) is 12.4 Å². The number of nitrogens with one attached hydrogen (secondary N) is 1. The average molecular weight is 661 g/mol. The molecule has 3 N–H and O–H groups in total. The van der Waals surface area contributed by atoms with Gasteiger partial charge in [-0.3, -0.25) is 4.79 Å². The molecular weight excluding hydrogens is 629 g/mol. The molecule has 2 heterocycles. The SMILES string of the molecule is CC(C)Cc1ccc(-c2ccc(Cc3nc(-c4ccc(Cl)cc4Cl)cn3-c3ccc(N4CC(=O)NS4(=O)=O)cc3)cc2)cc1N. The maximum absolute atomic E-state index is 12.3. The monoisotopic (exact) mass is 659 g/mol. The van der Waals surface area contributed by atoms with Crippen LogP contribution in [0.5, 0.6) is 0 Å². The first kappa shape index (κ1) is 30.7. The molecule has 0 spiro atoms. The summed E-state index contributed by atoms with van der Waals surface area (Å²) in [6.45, 7) is 4.10. The van der Waals surface area contributed by atoms with Gasteiger partial charge in [-0.15, -0.1) is 0 Å². The van der Waals surface area contributed by atoms with Gasteiger partial charge in [-0.25, -0.2) is 14.0 Å². The van der Waals surface area contributed by atoms with Crippen LogP contribution in [0.4, 0.5) is 11.4 Å². The molecule has 1 aliphatic rings. The number of nitrogen functional groups attached to an aromatic ring is 1. The summed E-state index contributed by atoms with van der Waals surface area (Å²) < 4.78 is 29.7. The molecule has 230 valence electrons. The molecule has 1 saturated heterocycles. The molecule has 6 rings (SSSR count). The predicted octanol–water partition coefficient (Wildman–Crippen LogP) is 7.07. The first-order valence-electron chi connectivity index (χ1n) is 14.4. The number of carbonyl (C=O) groups is 1. The van der Waals surface area contributed by atoms with Crippen LogP contribution in [-0.4, -0.2) is 30.4 Å². The number of carbonyl (C=O) groups excluding carboxylic acids is 1. The summed E-state index contributed by atoms with van der Waals surface area (Å²) in [7, 11) is -3.91. The van der Waals surface area contributed by atoms with E-state index in [1.54, 1.807) is 36.4 Å². The van der Waals surface area contributed by atoms with Gasteiger partial charge in [0.25, 0.3) is 5.91 Å². The van der Waals surface area contributed by atoms with Crippen molar-refractivity contribution < 1.29 is 13.2 Å². The molecule has 5 aromatic rings. The fraction of sp³-hybridized carbons (Fsp3) is 0.176. The number of aromatic nitrogens is 2. The number of imidazole rings is 1. The van der Waals surface area contributed by atoms with E-state index in [0.29, 0.717) is 33.8 Å². The molecule has 45 heavy (non-hydrogen) atoms. The first-order chi connectivity index (χ1) is 21.5. The lowest BCUT2D eigenvalue weighted by molar-refractivity contribution is -0.117. The van der Waals surface area contributed by atoms with Gasteiger partial charge >= 0.3 is 10.2 Å². The lowest BCUT2D eigenvalue weighted by Gasteiger charge is -2.15. The van der Waals surface area contributed by atoms with Crippen LogP contribution in [0.1, 0.15) is 30.8 Å². The third-order valence-electron chi connectivity index (χ3n) is 7.65. The topological polar surface area (TPSA) is 110 Å². The van der Waals surface area contributed by atoms with E-state index in [0.717, 1.165) is 55.7 Å². The molecule has 0 bridgehead atoms. The van der Waals surface area contributed by atoms with Crippen molar-refractivity contribution >= 4 is 50.7 Å². The quantitative estimate of drug-likeness (QED) is 0.173. The van der Waals surface area contributed by atoms with Gasteiger partial charge in [0.2, 0.25) is 0 Å². The summed E-state index contributed by atoms with van der Waals surface area (Å²) in [6.07, 6.45) is 3.35. The number of amides is 1. The molecule has 0 radical (unpaired) electrons. The van der Waals surface area contributed by atoms with Crippen LogP contribution in [0.25, 0.3) is 28.1 Å². The van der Waals surface area contributed by atoms with Crippen molar-refractivity contribution in [2.45, 2.75) is 26.7 Å². The maximum Gasteiger partial charge on any atom is 0.326 e. The molecule has 1 fully saturated rings. The van der Waals surface area contributed by atoms with Crippen molar-refractivity contribution in [2.24, 2.45) is 5.92 Å². The molecular formula is C34H31Cl2N5O3S. The highest BCUT2D eigenvalue weighted by atomic mass is 35.5. The smallest absolute Gasteiger partial charge is 0.326 e. The minimum atomic E-state index is -3.91. The zero-order chi connectivity index (χ0) is 31.9. The van der Waals surface area contributed by atoms with Gasteiger partial charge < -0.3 is 10.3 Å². The molecule has 1 aliphatic heterocycles. The maximum atomic E-state index is 12.3. The largest absolute Gasteiger partial charge is 0.398 e. The lowest BCUT2D eigenvalue weighted by Crippen LogP contribution is -2.29. The Labute approximate surface area is 272 Å². The van der Waals surface area contributed by atoms with E-state index in [9.17, 15) is 13.2 Å². The predicted molar refractivity (Wildman–Crippen MR) is 181 cm³/mol. The van der Waals surface area contributed by atoms with E-state index in [1.165, 1.54) is 0 Å². The second kappa shape index (κ2) is 12.2. The average Bonchev–Trinajstić information content (AvgIpc) is 3.52. The fourth-order valence-electron chi connectivity index (χ4n) is 5.45. The van der Waals surface area contributed by atoms with Crippen molar-refractivity contribution in [1.82, 2.24) is 14.3 Å². The van der Waals surface area contributed by atoms with Crippen LogP contribution in [0.15, 0.2) is 91.1 Å². The number of anilines is 2. The van der Waals surface area contributed by atoms with Gasteiger partial charge in [-0.05, 0) is 83.1 Å². The summed E-state index contributed by atoms with van der Waals surface area (Å²) >= 11 is 12.7. The molecule has 4 aromatic carbocycles. The number of nitrogens with zero attached hydrogens (tertiary/aromatic N) is 3. The van der Waals surface area contributed by atoms with Crippen LogP contribution in [0.2, 0.25) is 10.0 Å². The molecule has 0 unspecified atom stereocenters. The van der Waals surface area contributed by atoms with E-state index >= 15 is 0 Å². The zero-order valence-corrected chi connectivity index (χ0v) is 27.0. The zero-order valence-electron chi connectivity index (χ0n) is 24.7. The Bertz CT molecular complexity index is 2010. The van der Waals surface area contributed by atoms with E-state index in [1.807, 2.05) is 27.6 Å². The highest BCUT2D eigenvalue weighted by molar-refractivity contribution is 7.92. The molecule has 0 saturated carbocycles. The Kier molecular flexibility index (Phi) is 8.35. The van der Waals surface area contributed by atoms with Crippen molar-refractivity contribution in [3.05, 3.63) is 118 Å². The first-order valence-corrected chi connectivity index (χ1v) is 16.6. The summed E-state index contributed by atoms with van der Waals surface area (Å²) in [5, 5.41) is 1.01. The molecule has 8 nitrogen and oxygen atoms in total. The van der Waals surface area contributed by atoms with Gasteiger partial charge in [0, 0.05) is 34.6 Å². The highest BCUT2D eigenvalue weighted by Gasteiger charge is 2.34. The Balaban J connectivity index is 1.32. The lowest BCUT2D eigenvalue weighted by atomic mass is 9.96. The van der Waals surface area contributed by atoms with Crippen molar-refractivity contribution in [1.29, 1.82) is 0 Å². The van der Waals surface area contributed by atoms with Crippen molar-refractivity contribution in [3.8, 4) is 28.1 Å². The Morgan fingerprint density at radius 1 is 0.911 bits per heavy atom. The Hall–Kier alpha value is -4.31. The summed E-state index contributed by atoms with van der Waals surface area (Å²) in [6, 6.07) is 26.8. The van der Waals surface area contributed by atoms with Crippen LogP contribution in [-0.2, 0) is 27.8 Å². The number of hydrogen-bond donors (Lipinski definition) is 2. The van der Waals surface area contributed by atoms with Crippen molar-refractivity contribution in [2.75, 3.05) is 16.6 Å². The normalized spacial score (nSPS) is 14.2. The van der Waals surface area contributed by atoms with Crippen molar-refractivity contribution in [3.63, 3.8) is 0 Å². The fourth-order valence-corrected chi connectivity index (χ4v) is 7.10. The van der Waals surface area contributed by atoms with Gasteiger partial charge in [0.05, 0.1) is 16.4 Å². The number of halogens is 2. The number of benzene rings is 4. The molecule has 0 atom stereocenters. The summed E-state index contributed by atoms with van der Waals surface area (Å²) in [4.78, 5) is 16.7. The van der Waals surface area contributed by atoms with Crippen LogP contribution >= 0.6 is 23.2 Å². The summed E-state index contributed by atoms with van der Waals surface area (Å²) in [5.74, 6) is 0.714. The van der Waals surface area contributed by atoms with Crippen LogP contribution < -0.4 is 14.8 Å². The second-order valence-electron chi connectivity index (χ2n) is 11.5. The van der Waals surface area contributed by atoms with Gasteiger partial charge in [-0.2, -0.15) is 8.42 Å². The van der Waals surface area contributed by atoms with E-state index in [2.05, 4.69) is 50.2 Å². The highest BCUT2D eigenvalue weighted by Crippen LogP contribution is 2.32. The molecule has 1 amide bonds. The third kappa shape index (κ3) is 6.56. The minimum Gasteiger partial charge on any atom is -0.398 e. The molecule has 0 aliphatic carbocycles. The van der Waals surface area contributed by atoms with Crippen LogP contribution in [0, 0.1) is 5.92 Å². The Morgan fingerprint density at radius 2 is 1.60 bits per heavy atom.